The van der Waals surface area contributed by atoms with Crippen LogP contribution in [0.1, 0.15) is 11.1 Å². The minimum atomic E-state index is -0.732. The maximum Gasteiger partial charge on any atom is 0.307 e. The fourth-order valence-electron chi connectivity index (χ4n) is 1.85. The molecular formula is C14H13BrO2S. The zero-order chi connectivity index (χ0) is 13.0. The zero-order valence-corrected chi connectivity index (χ0v) is 12.1. The van der Waals surface area contributed by atoms with Gasteiger partial charge in [0.2, 0.25) is 0 Å². The molecule has 0 saturated heterocycles. The van der Waals surface area contributed by atoms with Crippen LogP contribution in [0.15, 0.2) is 45.6 Å². The molecule has 0 saturated carbocycles. The van der Waals surface area contributed by atoms with Crippen molar-refractivity contribution in [2.75, 3.05) is 0 Å². The number of halogens is 1. The van der Waals surface area contributed by atoms with Crippen molar-refractivity contribution in [3.63, 3.8) is 0 Å². The summed E-state index contributed by atoms with van der Waals surface area (Å²) in [7, 11) is 0. The Morgan fingerprint density at radius 2 is 1.83 bits per heavy atom. The van der Waals surface area contributed by atoms with Gasteiger partial charge in [0.05, 0.1) is 5.92 Å². The van der Waals surface area contributed by atoms with E-state index < -0.39 is 5.97 Å². The Morgan fingerprint density at radius 1 is 1.17 bits per heavy atom. The number of hydrogen-bond acceptors (Lipinski definition) is 2. The van der Waals surface area contributed by atoms with Crippen molar-refractivity contribution in [3.8, 4) is 0 Å². The molecule has 2 aromatic rings. The lowest BCUT2D eigenvalue weighted by Crippen LogP contribution is -2.18. The van der Waals surface area contributed by atoms with E-state index >= 15 is 0 Å². The Kier molecular flexibility index (Phi) is 4.55. The third-order valence-corrected chi connectivity index (χ3v) is 4.07. The molecule has 2 rings (SSSR count). The first-order valence-corrected chi connectivity index (χ1v) is 7.37. The van der Waals surface area contributed by atoms with Crippen LogP contribution in [0.5, 0.6) is 0 Å². The smallest absolute Gasteiger partial charge is 0.307 e. The second-order valence-corrected chi connectivity index (χ2v) is 5.90. The summed E-state index contributed by atoms with van der Waals surface area (Å²) in [6.07, 6.45) is 1.16. The molecule has 1 aromatic carbocycles. The molecule has 18 heavy (non-hydrogen) atoms. The van der Waals surface area contributed by atoms with Gasteiger partial charge in [-0.3, -0.25) is 4.79 Å². The molecule has 0 aliphatic heterocycles. The lowest BCUT2D eigenvalue weighted by molar-refractivity contribution is -0.141. The highest BCUT2D eigenvalue weighted by Gasteiger charge is 2.18. The maximum absolute atomic E-state index is 11.3. The quantitative estimate of drug-likeness (QED) is 0.902. The highest BCUT2D eigenvalue weighted by molar-refractivity contribution is 9.10. The molecule has 2 nitrogen and oxygen atoms in total. The van der Waals surface area contributed by atoms with Crippen LogP contribution in [-0.4, -0.2) is 11.1 Å². The maximum atomic E-state index is 11.3. The van der Waals surface area contributed by atoms with Crippen molar-refractivity contribution >= 4 is 33.2 Å². The average Bonchev–Trinajstić information content (AvgIpc) is 2.84. The monoisotopic (exact) mass is 324 g/mol. The summed E-state index contributed by atoms with van der Waals surface area (Å²) in [5, 5.41) is 13.3. The first-order chi connectivity index (χ1) is 8.65. The van der Waals surface area contributed by atoms with E-state index in [1.54, 1.807) is 11.3 Å². The molecule has 0 radical (unpaired) electrons. The van der Waals surface area contributed by atoms with Crippen molar-refractivity contribution in [2.24, 2.45) is 5.92 Å². The SMILES string of the molecule is O=C(O)C(Cc1ccc(Br)cc1)Cc1ccsc1. The fraction of sp³-hybridized carbons (Fsp3) is 0.214. The molecule has 0 aliphatic rings. The lowest BCUT2D eigenvalue weighted by atomic mass is 9.94. The highest BCUT2D eigenvalue weighted by Crippen LogP contribution is 2.18. The Balaban J connectivity index is 2.06. The van der Waals surface area contributed by atoms with Gasteiger partial charge in [-0.15, -0.1) is 0 Å². The summed E-state index contributed by atoms with van der Waals surface area (Å²) in [6.45, 7) is 0. The Bertz CT molecular complexity index is 505. The van der Waals surface area contributed by atoms with Crippen LogP contribution in [0, 0.1) is 5.92 Å². The van der Waals surface area contributed by atoms with Gasteiger partial charge in [0, 0.05) is 4.47 Å². The van der Waals surface area contributed by atoms with Gasteiger partial charge in [-0.05, 0) is 52.9 Å². The number of thiophene rings is 1. The number of benzene rings is 1. The van der Waals surface area contributed by atoms with Crippen molar-refractivity contribution in [1.82, 2.24) is 0 Å². The Labute approximate surface area is 118 Å². The van der Waals surface area contributed by atoms with Crippen LogP contribution >= 0.6 is 27.3 Å². The van der Waals surface area contributed by atoms with Crippen LogP contribution in [0.4, 0.5) is 0 Å². The van der Waals surface area contributed by atoms with E-state index in [1.807, 2.05) is 41.1 Å². The predicted molar refractivity (Wildman–Crippen MR) is 77.0 cm³/mol. The van der Waals surface area contributed by atoms with Gasteiger partial charge in [0.15, 0.2) is 0 Å². The normalized spacial score (nSPS) is 12.3. The van der Waals surface area contributed by atoms with E-state index in [9.17, 15) is 9.90 Å². The molecule has 0 spiro atoms. The minimum Gasteiger partial charge on any atom is -0.481 e. The first kappa shape index (κ1) is 13.3. The Morgan fingerprint density at radius 3 is 2.39 bits per heavy atom. The molecule has 1 aromatic heterocycles. The molecule has 1 atom stereocenters. The van der Waals surface area contributed by atoms with Gasteiger partial charge in [-0.2, -0.15) is 11.3 Å². The summed E-state index contributed by atoms with van der Waals surface area (Å²) in [4.78, 5) is 11.3. The van der Waals surface area contributed by atoms with Crippen LogP contribution in [0.2, 0.25) is 0 Å². The Hall–Kier alpha value is -1.13. The number of aliphatic carboxylic acids is 1. The summed E-state index contributed by atoms with van der Waals surface area (Å²) in [6, 6.07) is 9.81. The third kappa shape index (κ3) is 3.68. The molecule has 0 amide bonds. The third-order valence-electron chi connectivity index (χ3n) is 2.81. The lowest BCUT2D eigenvalue weighted by Gasteiger charge is -2.11. The van der Waals surface area contributed by atoms with Crippen molar-refractivity contribution in [2.45, 2.75) is 12.8 Å². The first-order valence-electron chi connectivity index (χ1n) is 5.63. The number of hydrogen-bond donors (Lipinski definition) is 1. The number of carboxylic acids is 1. The predicted octanol–water partition coefficient (Wildman–Crippen LogP) is 4.00. The van der Waals surface area contributed by atoms with Crippen LogP contribution in [0.3, 0.4) is 0 Å². The molecule has 0 aliphatic carbocycles. The van der Waals surface area contributed by atoms with Gasteiger partial charge in [0.1, 0.15) is 0 Å². The van der Waals surface area contributed by atoms with Crippen molar-refractivity contribution in [3.05, 3.63) is 56.7 Å². The van der Waals surface area contributed by atoms with Crippen LogP contribution < -0.4 is 0 Å². The summed E-state index contributed by atoms with van der Waals surface area (Å²) >= 11 is 4.98. The van der Waals surface area contributed by atoms with E-state index in [-0.39, 0.29) is 5.92 Å². The molecule has 0 fully saturated rings. The van der Waals surface area contributed by atoms with E-state index in [0.717, 1.165) is 15.6 Å². The topological polar surface area (TPSA) is 37.3 Å². The van der Waals surface area contributed by atoms with Crippen molar-refractivity contribution < 1.29 is 9.90 Å². The van der Waals surface area contributed by atoms with Crippen molar-refractivity contribution in [1.29, 1.82) is 0 Å². The second kappa shape index (κ2) is 6.16. The summed E-state index contributed by atoms with van der Waals surface area (Å²) < 4.78 is 1.01. The van der Waals surface area contributed by atoms with Crippen LogP contribution in [0.25, 0.3) is 0 Å². The van der Waals surface area contributed by atoms with Gasteiger partial charge in [-0.25, -0.2) is 0 Å². The average molecular weight is 325 g/mol. The molecular weight excluding hydrogens is 312 g/mol. The highest BCUT2D eigenvalue weighted by atomic mass is 79.9. The molecule has 1 heterocycles. The molecule has 0 bridgehead atoms. The largest absolute Gasteiger partial charge is 0.481 e. The molecule has 1 unspecified atom stereocenters. The van der Waals surface area contributed by atoms with Crippen LogP contribution in [-0.2, 0) is 17.6 Å². The molecule has 1 N–H and O–H groups in total. The number of carboxylic acid groups (broad SMARTS) is 1. The van der Waals surface area contributed by atoms with Gasteiger partial charge in [0.25, 0.3) is 0 Å². The summed E-state index contributed by atoms with van der Waals surface area (Å²) in [5.41, 5.74) is 2.16. The fourth-order valence-corrected chi connectivity index (χ4v) is 2.79. The molecule has 4 heteroatoms. The molecule has 94 valence electrons. The summed E-state index contributed by atoms with van der Waals surface area (Å²) in [5.74, 6) is -1.09. The van der Waals surface area contributed by atoms with Gasteiger partial charge in [-0.1, -0.05) is 28.1 Å². The zero-order valence-electron chi connectivity index (χ0n) is 9.67. The number of rotatable bonds is 5. The van der Waals surface area contributed by atoms with Gasteiger partial charge < -0.3 is 5.11 Å². The van der Waals surface area contributed by atoms with E-state index in [4.69, 9.17) is 0 Å². The minimum absolute atomic E-state index is 0.360. The van der Waals surface area contributed by atoms with E-state index in [0.29, 0.717) is 12.8 Å². The van der Waals surface area contributed by atoms with Gasteiger partial charge >= 0.3 is 5.97 Å². The van der Waals surface area contributed by atoms with E-state index in [2.05, 4.69) is 15.9 Å². The standard InChI is InChI=1S/C14H13BrO2S/c15-13-3-1-10(2-4-13)7-12(14(16)17)8-11-5-6-18-9-11/h1-6,9,12H,7-8H2,(H,16,17). The van der Waals surface area contributed by atoms with E-state index in [1.165, 1.54) is 0 Å². The number of carbonyl (C=O) groups is 1. The second-order valence-electron chi connectivity index (χ2n) is 4.20.